The Bertz CT molecular complexity index is 660. The molecular weight excluding hydrogens is 273 g/mol. The van der Waals surface area contributed by atoms with Crippen LogP contribution < -0.4 is 4.74 Å². The molecule has 0 atom stereocenters. The third-order valence-electron chi connectivity index (χ3n) is 3.00. The zero-order valence-corrected chi connectivity index (χ0v) is 12.1. The van der Waals surface area contributed by atoms with Gasteiger partial charge in [0.2, 0.25) is 5.88 Å². The Kier molecular flexibility index (Phi) is 3.93. The summed E-state index contributed by atoms with van der Waals surface area (Å²) >= 11 is 0. The van der Waals surface area contributed by atoms with E-state index < -0.39 is 17.3 Å². The van der Waals surface area contributed by atoms with Gasteiger partial charge in [0.25, 0.3) is 0 Å². The molecule has 2 rings (SSSR count). The van der Waals surface area contributed by atoms with E-state index in [-0.39, 0.29) is 11.2 Å². The fraction of sp³-hybridized carbons (Fsp3) is 0.250. The summed E-state index contributed by atoms with van der Waals surface area (Å²) in [7, 11) is 0. The van der Waals surface area contributed by atoms with Gasteiger partial charge in [-0.25, -0.2) is 14.2 Å². The van der Waals surface area contributed by atoms with E-state index in [1.165, 1.54) is 6.07 Å². The van der Waals surface area contributed by atoms with E-state index in [1.807, 2.05) is 6.07 Å². The third kappa shape index (κ3) is 3.56. The number of benzene rings is 1. The van der Waals surface area contributed by atoms with Gasteiger partial charge in [0.15, 0.2) is 0 Å². The molecule has 2 aromatic rings. The van der Waals surface area contributed by atoms with E-state index in [2.05, 4.69) is 25.8 Å². The lowest BCUT2D eigenvalue weighted by Gasteiger charge is -2.18. The second-order valence-electron chi connectivity index (χ2n) is 5.68. The van der Waals surface area contributed by atoms with Crippen molar-refractivity contribution >= 4 is 5.97 Å². The maximum Gasteiger partial charge on any atom is 0.338 e. The summed E-state index contributed by atoms with van der Waals surface area (Å²) in [5.74, 6) is -1.63. The molecule has 0 aliphatic carbocycles. The lowest BCUT2D eigenvalue weighted by Crippen LogP contribution is -2.11. The Labute approximate surface area is 122 Å². The summed E-state index contributed by atoms with van der Waals surface area (Å²) in [6, 6.07) is 7.18. The third-order valence-corrected chi connectivity index (χ3v) is 3.00. The Morgan fingerprint density at radius 2 is 1.95 bits per heavy atom. The molecule has 0 fully saturated rings. The highest BCUT2D eigenvalue weighted by Gasteiger charge is 2.14. The molecule has 0 aliphatic rings. The van der Waals surface area contributed by atoms with Gasteiger partial charge in [0, 0.05) is 18.3 Å². The van der Waals surface area contributed by atoms with E-state index >= 15 is 0 Å². The van der Waals surface area contributed by atoms with Crippen molar-refractivity contribution in [1.29, 1.82) is 0 Å². The largest absolute Gasteiger partial charge is 0.478 e. The Morgan fingerprint density at radius 3 is 2.43 bits per heavy atom. The highest BCUT2D eigenvalue weighted by atomic mass is 19.1. The fourth-order valence-electron chi connectivity index (χ4n) is 1.74. The standard InChI is InChI=1S/C16H16FNO3/c1-16(2,3)10-4-7-14(18-9-10)21-11-5-6-12(15(19)20)13(17)8-11/h4-9H,1-3H3,(H,19,20). The van der Waals surface area contributed by atoms with Crippen LogP contribution in [0, 0.1) is 5.82 Å². The highest BCUT2D eigenvalue weighted by Crippen LogP contribution is 2.25. The van der Waals surface area contributed by atoms with Crippen LogP contribution in [0.25, 0.3) is 0 Å². The maximum absolute atomic E-state index is 13.5. The normalized spacial score (nSPS) is 11.2. The smallest absolute Gasteiger partial charge is 0.338 e. The fourth-order valence-corrected chi connectivity index (χ4v) is 1.74. The molecular formula is C16H16FNO3. The molecule has 0 saturated carbocycles. The number of nitrogens with zero attached hydrogens (tertiary/aromatic N) is 1. The van der Waals surface area contributed by atoms with Crippen LogP contribution in [0.1, 0.15) is 36.7 Å². The number of aromatic nitrogens is 1. The molecule has 0 spiro atoms. The van der Waals surface area contributed by atoms with Crippen LogP contribution in [-0.4, -0.2) is 16.1 Å². The van der Waals surface area contributed by atoms with E-state index in [0.29, 0.717) is 5.88 Å². The van der Waals surface area contributed by atoms with Crippen LogP contribution >= 0.6 is 0 Å². The summed E-state index contributed by atoms with van der Waals surface area (Å²) in [4.78, 5) is 14.9. The van der Waals surface area contributed by atoms with Crippen molar-refractivity contribution in [3.8, 4) is 11.6 Å². The zero-order chi connectivity index (χ0) is 15.6. The highest BCUT2D eigenvalue weighted by molar-refractivity contribution is 5.88. The zero-order valence-electron chi connectivity index (χ0n) is 12.1. The number of carbonyl (C=O) groups is 1. The van der Waals surface area contributed by atoms with Gasteiger partial charge in [-0.05, 0) is 23.1 Å². The van der Waals surface area contributed by atoms with Crippen molar-refractivity contribution in [2.24, 2.45) is 0 Å². The molecule has 1 heterocycles. The molecule has 110 valence electrons. The monoisotopic (exact) mass is 289 g/mol. The second-order valence-corrected chi connectivity index (χ2v) is 5.68. The van der Waals surface area contributed by atoms with Gasteiger partial charge in [0.1, 0.15) is 11.6 Å². The second kappa shape index (κ2) is 5.52. The molecule has 1 aromatic heterocycles. The molecule has 5 heteroatoms. The van der Waals surface area contributed by atoms with E-state index in [1.54, 1.807) is 12.3 Å². The van der Waals surface area contributed by atoms with Crippen LogP contribution in [0.3, 0.4) is 0 Å². The van der Waals surface area contributed by atoms with Crippen LogP contribution in [0.15, 0.2) is 36.5 Å². The topological polar surface area (TPSA) is 59.4 Å². The minimum absolute atomic E-state index is 0.0131. The summed E-state index contributed by atoms with van der Waals surface area (Å²) in [5, 5.41) is 8.76. The quantitative estimate of drug-likeness (QED) is 0.927. The average Bonchev–Trinajstić information content (AvgIpc) is 2.38. The number of pyridine rings is 1. The molecule has 0 unspecified atom stereocenters. The number of carboxylic acids is 1. The van der Waals surface area contributed by atoms with Crippen molar-refractivity contribution in [3.63, 3.8) is 0 Å². The summed E-state index contributed by atoms with van der Waals surface area (Å²) < 4.78 is 19.0. The summed E-state index contributed by atoms with van der Waals surface area (Å²) in [5.41, 5.74) is 0.654. The van der Waals surface area contributed by atoms with Gasteiger partial charge in [-0.3, -0.25) is 0 Å². The number of rotatable bonds is 3. The van der Waals surface area contributed by atoms with Crippen molar-refractivity contribution in [1.82, 2.24) is 4.98 Å². The lowest BCUT2D eigenvalue weighted by molar-refractivity contribution is 0.0692. The molecule has 1 N–H and O–H groups in total. The SMILES string of the molecule is CC(C)(C)c1ccc(Oc2ccc(C(=O)O)c(F)c2)nc1. The molecule has 0 bridgehead atoms. The van der Waals surface area contributed by atoms with Crippen LogP contribution in [-0.2, 0) is 5.41 Å². The van der Waals surface area contributed by atoms with Crippen molar-refractivity contribution in [2.45, 2.75) is 26.2 Å². The molecule has 4 nitrogen and oxygen atoms in total. The average molecular weight is 289 g/mol. The predicted molar refractivity (Wildman–Crippen MR) is 76.4 cm³/mol. The van der Waals surface area contributed by atoms with Crippen molar-refractivity contribution in [2.75, 3.05) is 0 Å². The lowest BCUT2D eigenvalue weighted by atomic mass is 9.88. The Balaban J connectivity index is 2.19. The van der Waals surface area contributed by atoms with Crippen LogP contribution in [0.5, 0.6) is 11.6 Å². The number of hydrogen-bond donors (Lipinski definition) is 1. The maximum atomic E-state index is 13.5. The van der Waals surface area contributed by atoms with Gasteiger partial charge in [-0.2, -0.15) is 0 Å². The predicted octanol–water partition coefficient (Wildman–Crippen LogP) is 4.01. The first-order valence-electron chi connectivity index (χ1n) is 6.44. The summed E-state index contributed by atoms with van der Waals surface area (Å²) in [6.45, 7) is 6.22. The minimum atomic E-state index is -1.31. The van der Waals surface area contributed by atoms with Gasteiger partial charge in [-0.1, -0.05) is 26.8 Å². The van der Waals surface area contributed by atoms with Gasteiger partial charge in [0.05, 0.1) is 5.56 Å². The first-order chi connectivity index (χ1) is 9.77. The molecule has 0 saturated heterocycles. The van der Waals surface area contributed by atoms with Crippen LogP contribution in [0.4, 0.5) is 4.39 Å². The number of carboxylic acid groups (broad SMARTS) is 1. The molecule has 0 amide bonds. The van der Waals surface area contributed by atoms with Gasteiger partial charge >= 0.3 is 5.97 Å². The molecule has 21 heavy (non-hydrogen) atoms. The number of hydrogen-bond acceptors (Lipinski definition) is 3. The summed E-state index contributed by atoms with van der Waals surface area (Å²) in [6.07, 6.45) is 1.71. The van der Waals surface area contributed by atoms with Crippen LogP contribution in [0.2, 0.25) is 0 Å². The van der Waals surface area contributed by atoms with E-state index in [4.69, 9.17) is 9.84 Å². The Morgan fingerprint density at radius 1 is 1.24 bits per heavy atom. The molecule has 1 aromatic carbocycles. The minimum Gasteiger partial charge on any atom is -0.478 e. The Hall–Kier alpha value is -2.43. The molecule has 0 radical (unpaired) electrons. The van der Waals surface area contributed by atoms with E-state index in [9.17, 15) is 9.18 Å². The van der Waals surface area contributed by atoms with Crippen molar-refractivity contribution < 1.29 is 19.0 Å². The van der Waals surface area contributed by atoms with Gasteiger partial charge in [-0.15, -0.1) is 0 Å². The number of ether oxygens (including phenoxy) is 1. The van der Waals surface area contributed by atoms with Gasteiger partial charge < -0.3 is 9.84 Å². The number of halogens is 1. The first-order valence-corrected chi connectivity index (χ1v) is 6.44. The first kappa shape index (κ1) is 15.0. The van der Waals surface area contributed by atoms with Crippen molar-refractivity contribution in [3.05, 3.63) is 53.5 Å². The van der Waals surface area contributed by atoms with E-state index in [0.717, 1.165) is 17.7 Å². The molecule has 0 aliphatic heterocycles. The number of aromatic carboxylic acids is 1.